The lowest BCUT2D eigenvalue weighted by Crippen LogP contribution is -2.20. The lowest BCUT2D eigenvalue weighted by atomic mass is 10.2. The van der Waals surface area contributed by atoms with E-state index in [0.717, 1.165) is 0 Å². The molecule has 0 aliphatic rings. The predicted molar refractivity (Wildman–Crippen MR) is 39.2 cm³/mol. The second kappa shape index (κ2) is 3.30. The first-order valence-corrected chi connectivity index (χ1v) is 3.47. The van der Waals surface area contributed by atoms with Crippen LogP contribution in [0.3, 0.4) is 0 Å². The van der Waals surface area contributed by atoms with E-state index in [2.05, 4.69) is 9.97 Å². The van der Waals surface area contributed by atoms with E-state index < -0.39 is 6.10 Å². The number of aliphatic hydroxyl groups is 1. The van der Waals surface area contributed by atoms with Crippen molar-refractivity contribution in [3.8, 4) is 0 Å². The summed E-state index contributed by atoms with van der Waals surface area (Å²) in [6.45, 7) is 1.74. The topological polar surface area (TPSA) is 66.0 Å². The molecule has 0 bridgehead atoms. The van der Waals surface area contributed by atoms with Crippen molar-refractivity contribution >= 4 is 5.78 Å². The van der Waals surface area contributed by atoms with Gasteiger partial charge in [-0.2, -0.15) is 0 Å². The van der Waals surface area contributed by atoms with Gasteiger partial charge in [-0.3, -0.25) is 4.79 Å². The minimum Gasteiger partial charge on any atom is -0.385 e. The van der Waals surface area contributed by atoms with Crippen LogP contribution in [0.25, 0.3) is 0 Å². The van der Waals surface area contributed by atoms with Crippen molar-refractivity contribution in [2.45, 2.75) is 19.4 Å². The van der Waals surface area contributed by atoms with Gasteiger partial charge >= 0.3 is 0 Å². The lowest BCUT2D eigenvalue weighted by Gasteiger charge is -2.01. The first kappa shape index (κ1) is 7.94. The number of Topliss-reactive ketones (excluding diaryl/α,β-unsaturated/α-hetero) is 1. The van der Waals surface area contributed by atoms with Crippen molar-refractivity contribution in [1.29, 1.82) is 0 Å². The van der Waals surface area contributed by atoms with Gasteiger partial charge in [0.1, 0.15) is 6.10 Å². The molecule has 0 saturated heterocycles. The molecule has 0 aliphatic carbocycles. The molecule has 0 spiro atoms. The van der Waals surface area contributed by atoms with Crippen LogP contribution in [-0.2, 0) is 0 Å². The fraction of sp³-hybridized carbons (Fsp3) is 0.429. The fourth-order valence-electron chi connectivity index (χ4n) is 0.743. The maximum absolute atomic E-state index is 11.1. The molecular weight excluding hydrogens is 144 g/mol. The molecule has 4 heteroatoms. The molecule has 1 aromatic heterocycles. The molecule has 2 N–H and O–H groups in total. The maximum atomic E-state index is 11.1. The van der Waals surface area contributed by atoms with E-state index in [1.54, 1.807) is 13.1 Å². The van der Waals surface area contributed by atoms with Crippen molar-refractivity contribution in [2.24, 2.45) is 0 Å². The molecule has 0 amide bonds. The molecule has 1 heterocycles. The van der Waals surface area contributed by atoms with Crippen LogP contribution in [0.5, 0.6) is 0 Å². The molecule has 60 valence electrons. The second-order valence-corrected chi connectivity index (χ2v) is 2.23. The van der Waals surface area contributed by atoms with Gasteiger partial charge < -0.3 is 10.1 Å². The summed E-state index contributed by atoms with van der Waals surface area (Å²) in [6.07, 6.45) is 2.52. The SMILES string of the molecule is CC[C@@H](O)C(=O)c1ncc[nH]1. The average Bonchev–Trinajstić information content (AvgIpc) is 2.53. The quantitative estimate of drug-likeness (QED) is 0.618. The Morgan fingerprint density at radius 1 is 1.91 bits per heavy atom. The van der Waals surface area contributed by atoms with E-state index >= 15 is 0 Å². The summed E-state index contributed by atoms with van der Waals surface area (Å²) in [5, 5.41) is 9.09. The van der Waals surface area contributed by atoms with Crippen molar-refractivity contribution in [3.05, 3.63) is 18.2 Å². The minimum absolute atomic E-state index is 0.222. The Morgan fingerprint density at radius 3 is 3.09 bits per heavy atom. The van der Waals surface area contributed by atoms with Gasteiger partial charge in [0.05, 0.1) is 0 Å². The number of nitrogens with one attached hydrogen (secondary N) is 1. The van der Waals surface area contributed by atoms with Crippen LogP contribution in [0.1, 0.15) is 24.0 Å². The number of carbonyl (C=O) groups is 1. The van der Waals surface area contributed by atoms with Gasteiger partial charge in [0, 0.05) is 12.4 Å². The number of rotatable bonds is 3. The Bertz CT molecular complexity index is 231. The van der Waals surface area contributed by atoms with E-state index in [9.17, 15) is 4.79 Å². The molecule has 0 unspecified atom stereocenters. The highest BCUT2D eigenvalue weighted by molar-refractivity contribution is 5.95. The first-order valence-electron chi connectivity index (χ1n) is 3.47. The van der Waals surface area contributed by atoms with Crippen LogP contribution in [0, 0.1) is 0 Å². The summed E-state index contributed by atoms with van der Waals surface area (Å²) in [6, 6.07) is 0. The summed E-state index contributed by atoms with van der Waals surface area (Å²) in [5.74, 6) is -0.128. The van der Waals surface area contributed by atoms with E-state index in [0.29, 0.717) is 6.42 Å². The molecule has 0 aliphatic heterocycles. The minimum atomic E-state index is -0.929. The Hall–Kier alpha value is -1.16. The number of aromatic nitrogens is 2. The number of aromatic amines is 1. The number of carbonyl (C=O) groups excluding carboxylic acids is 1. The van der Waals surface area contributed by atoms with E-state index in [4.69, 9.17) is 5.11 Å². The van der Waals surface area contributed by atoms with Crippen LogP contribution >= 0.6 is 0 Å². The van der Waals surface area contributed by atoms with Crippen LogP contribution < -0.4 is 0 Å². The number of imidazole rings is 1. The summed E-state index contributed by atoms with van der Waals surface area (Å²) in [5.41, 5.74) is 0. The third-order valence-corrected chi connectivity index (χ3v) is 1.42. The largest absolute Gasteiger partial charge is 0.385 e. The zero-order chi connectivity index (χ0) is 8.27. The number of nitrogens with zero attached hydrogens (tertiary/aromatic N) is 1. The first-order chi connectivity index (χ1) is 5.25. The number of H-pyrrole nitrogens is 1. The highest BCUT2D eigenvalue weighted by Crippen LogP contribution is 1.99. The third-order valence-electron chi connectivity index (χ3n) is 1.42. The summed E-state index contributed by atoms with van der Waals surface area (Å²) in [7, 11) is 0. The molecule has 1 atom stereocenters. The summed E-state index contributed by atoms with van der Waals surface area (Å²) in [4.78, 5) is 17.4. The number of aliphatic hydroxyl groups excluding tert-OH is 1. The van der Waals surface area contributed by atoms with Gasteiger partial charge in [0.25, 0.3) is 0 Å². The third kappa shape index (κ3) is 1.65. The van der Waals surface area contributed by atoms with Crippen LogP contribution in [0.4, 0.5) is 0 Å². The highest BCUT2D eigenvalue weighted by Gasteiger charge is 2.16. The normalized spacial score (nSPS) is 12.9. The molecule has 0 radical (unpaired) electrons. The van der Waals surface area contributed by atoms with E-state index in [1.807, 2.05) is 0 Å². The van der Waals surface area contributed by atoms with Gasteiger partial charge in [-0.1, -0.05) is 6.92 Å². The highest BCUT2D eigenvalue weighted by atomic mass is 16.3. The predicted octanol–water partition coefficient (Wildman–Crippen LogP) is 0.363. The van der Waals surface area contributed by atoms with Gasteiger partial charge in [-0.05, 0) is 6.42 Å². The zero-order valence-corrected chi connectivity index (χ0v) is 6.24. The van der Waals surface area contributed by atoms with Crippen LogP contribution in [-0.4, -0.2) is 27.0 Å². The number of hydrogen-bond donors (Lipinski definition) is 2. The van der Waals surface area contributed by atoms with Crippen molar-refractivity contribution in [3.63, 3.8) is 0 Å². The molecule has 11 heavy (non-hydrogen) atoms. The van der Waals surface area contributed by atoms with Gasteiger partial charge in [-0.15, -0.1) is 0 Å². The summed E-state index contributed by atoms with van der Waals surface area (Å²) < 4.78 is 0. The summed E-state index contributed by atoms with van der Waals surface area (Å²) >= 11 is 0. The monoisotopic (exact) mass is 154 g/mol. The van der Waals surface area contributed by atoms with Crippen LogP contribution in [0.2, 0.25) is 0 Å². The molecule has 1 aromatic rings. The smallest absolute Gasteiger partial charge is 0.226 e. The maximum Gasteiger partial charge on any atom is 0.226 e. The average molecular weight is 154 g/mol. The Kier molecular flexibility index (Phi) is 2.38. The molecule has 0 saturated carbocycles. The second-order valence-electron chi connectivity index (χ2n) is 2.23. The molecule has 1 rings (SSSR count). The van der Waals surface area contributed by atoms with E-state index in [-0.39, 0.29) is 11.6 Å². The van der Waals surface area contributed by atoms with E-state index in [1.165, 1.54) is 6.20 Å². The molecule has 0 aromatic carbocycles. The fourth-order valence-corrected chi connectivity index (χ4v) is 0.743. The number of hydrogen-bond acceptors (Lipinski definition) is 3. The van der Waals surface area contributed by atoms with Crippen molar-refractivity contribution < 1.29 is 9.90 Å². The van der Waals surface area contributed by atoms with Gasteiger partial charge in [-0.25, -0.2) is 4.98 Å². The van der Waals surface area contributed by atoms with Crippen molar-refractivity contribution in [1.82, 2.24) is 9.97 Å². The molecule has 4 nitrogen and oxygen atoms in total. The number of ketones is 1. The zero-order valence-electron chi connectivity index (χ0n) is 6.24. The lowest BCUT2D eigenvalue weighted by molar-refractivity contribution is 0.0730. The molecular formula is C7H10N2O2. The van der Waals surface area contributed by atoms with Gasteiger partial charge in [0.2, 0.25) is 5.78 Å². The standard InChI is InChI=1S/C7H10N2O2/c1-2-5(10)6(11)7-8-3-4-9-7/h3-5,10H,2H2,1H3,(H,8,9)/t5-/m1/s1. The van der Waals surface area contributed by atoms with Crippen LogP contribution in [0.15, 0.2) is 12.4 Å². The Labute approximate surface area is 64.3 Å². The Balaban J connectivity index is 2.70. The Morgan fingerprint density at radius 2 is 2.64 bits per heavy atom. The van der Waals surface area contributed by atoms with Gasteiger partial charge in [0.15, 0.2) is 5.82 Å². The molecule has 0 fully saturated rings. The van der Waals surface area contributed by atoms with Crippen molar-refractivity contribution in [2.75, 3.05) is 0 Å².